The second-order valence-corrected chi connectivity index (χ2v) is 8.11. The van der Waals surface area contributed by atoms with E-state index in [4.69, 9.17) is 4.42 Å². The predicted molar refractivity (Wildman–Crippen MR) is 113 cm³/mol. The van der Waals surface area contributed by atoms with E-state index in [2.05, 4.69) is 27.7 Å². The van der Waals surface area contributed by atoms with Gasteiger partial charge < -0.3 is 15.1 Å². The summed E-state index contributed by atoms with van der Waals surface area (Å²) in [5.41, 5.74) is 2.39. The molecular formula is C22H23N3O3S. The monoisotopic (exact) mass is 409 g/mol. The SMILES string of the molecule is O=C(Nc1ccc(C(=O)NCc2ccccc2CN2CCCC2)s1)c1ccco1. The van der Waals surface area contributed by atoms with E-state index in [1.165, 1.54) is 36.0 Å². The molecule has 1 saturated heterocycles. The van der Waals surface area contributed by atoms with E-state index in [9.17, 15) is 9.59 Å². The Labute approximate surface area is 173 Å². The number of likely N-dealkylation sites (tertiary alicyclic amines) is 1. The van der Waals surface area contributed by atoms with Gasteiger partial charge in [0.25, 0.3) is 11.8 Å². The molecule has 1 aliphatic heterocycles. The Kier molecular flexibility index (Phi) is 6.07. The van der Waals surface area contributed by atoms with Crippen LogP contribution < -0.4 is 10.6 Å². The molecule has 1 aliphatic rings. The molecule has 0 unspecified atom stereocenters. The van der Waals surface area contributed by atoms with Crippen molar-refractivity contribution in [1.29, 1.82) is 0 Å². The quantitative estimate of drug-likeness (QED) is 0.616. The summed E-state index contributed by atoms with van der Waals surface area (Å²) in [7, 11) is 0. The summed E-state index contributed by atoms with van der Waals surface area (Å²) < 4.78 is 5.08. The summed E-state index contributed by atoms with van der Waals surface area (Å²) >= 11 is 1.24. The Morgan fingerprint density at radius 1 is 0.966 bits per heavy atom. The van der Waals surface area contributed by atoms with Gasteiger partial charge in [-0.25, -0.2) is 0 Å². The highest BCUT2D eigenvalue weighted by molar-refractivity contribution is 7.18. The molecule has 1 fully saturated rings. The molecule has 1 aromatic carbocycles. The summed E-state index contributed by atoms with van der Waals surface area (Å²) in [5.74, 6) is -0.247. The fourth-order valence-corrected chi connectivity index (χ4v) is 4.25. The van der Waals surface area contributed by atoms with Crippen LogP contribution in [0.3, 0.4) is 0 Å². The lowest BCUT2D eigenvalue weighted by atomic mass is 10.1. The molecule has 6 nitrogen and oxygen atoms in total. The molecule has 29 heavy (non-hydrogen) atoms. The van der Waals surface area contributed by atoms with Crippen molar-refractivity contribution in [2.24, 2.45) is 0 Å². The summed E-state index contributed by atoms with van der Waals surface area (Å²) in [6, 6.07) is 14.9. The standard InChI is InChI=1S/C22H23N3O3S/c26-21(18-8-5-13-28-18)24-20-10-9-19(29-20)22(27)23-14-16-6-1-2-7-17(16)15-25-11-3-4-12-25/h1-2,5-10,13H,3-4,11-12,14-15H2,(H,23,27)(H,24,26). The van der Waals surface area contributed by atoms with E-state index in [0.717, 1.165) is 25.2 Å². The first-order chi connectivity index (χ1) is 14.2. The topological polar surface area (TPSA) is 74.6 Å². The third-order valence-electron chi connectivity index (χ3n) is 4.96. The largest absolute Gasteiger partial charge is 0.459 e. The number of furan rings is 1. The van der Waals surface area contributed by atoms with Crippen LogP contribution in [0.1, 0.15) is 44.2 Å². The third kappa shape index (κ3) is 4.93. The zero-order chi connectivity index (χ0) is 20.1. The molecule has 0 atom stereocenters. The Morgan fingerprint density at radius 3 is 2.52 bits per heavy atom. The van der Waals surface area contributed by atoms with Crippen molar-refractivity contribution < 1.29 is 14.0 Å². The summed E-state index contributed by atoms with van der Waals surface area (Å²) in [6.45, 7) is 3.69. The number of amides is 2. The molecular weight excluding hydrogens is 386 g/mol. The van der Waals surface area contributed by atoms with Crippen molar-refractivity contribution in [2.45, 2.75) is 25.9 Å². The zero-order valence-electron chi connectivity index (χ0n) is 16.0. The maximum absolute atomic E-state index is 12.6. The lowest BCUT2D eigenvalue weighted by Crippen LogP contribution is -2.24. The molecule has 2 amide bonds. The summed E-state index contributed by atoms with van der Waals surface area (Å²) in [6.07, 6.45) is 3.97. The second-order valence-electron chi connectivity index (χ2n) is 7.03. The van der Waals surface area contributed by atoms with E-state index in [1.54, 1.807) is 24.3 Å². The van der Waals surface area contributed by atoms with Gasteiger partial charge in [-0.2, -0.15) is 0 Å². The van der Waals surface area contributed by atoms with Gasteiger partial charge in [0.05, 0.1) is 16.1 Å². The molecule has 0 saturated carbocycles. The first-order valence-electron chi connectivity index (χ1n) is 9.71. The van der Waals surface area contributed by atoms with E-state index in [1.807, 2.05) is 12.1 Å². The van der Waals surface area contributed by atoms with Crippen LogP contribution in [-0.2, 0) is 13.1 Å². The van der Waals surface area contributed by atoms with Crippen molar-refractivity contribution in [3.63, 3.8) is 0 Å². The van der Waals surface area contributed by atoms with Crippen LogP contribution in [-0.4, -0.2) is 29.8 Å². The Balaban J connectivity index is 1.34. The molecule has 4 rings (SSSR count). The van der Waals surface area contributed by atoms with E-state index in [-0.39, 0.29) is 17.6 Å². The molecule has 2 aromatic heterocycles. The average Bonchev–Trinajstić information content (AvgIpc) is 3.49. The average molecular weight is 410 g/mol. The predicted octanol–water partition coefficient (Wildman–Crippen LogP) is 4.12. The Bertz CT molecular complexity index is 975. The number of rotatable bonds is 7. The van der Waals surface area contributed by atoms with Crippen molar-refractivity contribution >= 4 is 28.2 Å². The van der Waals surface area contributed by atoms with Crippen LogP contribution in [0.15, 0.2) is 59.2 Å². The number of carbonyl (C=O) groups is 2. The number of hydrogen-bond acceptors (Lipinski definition) is 5. The number of benzene rings is 1. The molecule has 0 radical (unpaired) electrons. The molecule has 150 valence electrons. The van der Waals surface area contributed by atoms with Gasteiger partial charge in [-0.1, -0.05) is 24.3 Å². The summed E-state index contributed by atoms with van der Waals surface area (Å²) in [5, 5.41) is 6.34. The van der Waals surface area contributed by atoms with Gasteiger partial charge in [-0.15, -0.1) is 11.3 Å². The minimum atomic E-state index is -0.334. The lowest BCUT2D eigenvalue weighted by molar-refractivity contribution is 0.0953. The smallest absolute Gasteiger partial charge is 0.291 e. The fourth-order valence-electron chi connectivity index (χ4n) is 3.44. The van der Waals surface area contributed by atoms with Gasteiger partial charge in [-0.3, -0.25) is 14.5 Å². The van der Waals surface area contributed by atoms with Crippen molar-refractivity contribution in [1.82, 2.24) is 10.2 Å². The first-order valence-corrected chi connectivity index (χ1v) is 10.5. The number of anilines is 1. The maximum atomic E-state index is 12.6. The molecule has 2 N–H and O–H groups in total. The highest BCUT2D eigenvalue weighted by Gasteiger charge is 2.15. The minimum absolute atomic E-state index is 0.149. The molecule has 3 heterocycles. The highest BCUT2D eigenvalue weighted by atomic mass is 32.1. The maximum Gasteiger partial charge on any atom is 0.291 e. The van der Waals surface area contributed by atoms with Crippen molar-refractivity contribution in [2.75, 3.05) is 18.4 Å². The molecule has 0 aliphatic carbocycles. The normalized spacial score (nSPS) is 14.1. The Morgan fingerprint density at radius 2 is 1.76 bits per heavy atom. The highest BCUT2D eigenvalue weighted by Crippen LogP contribution is 2.23. The molecule has 7 heteroatoms. The second kappa shape index (κ2) is 9.07. The van der Waals surface area contributed by atoms with Crippen LogP contribution in [0.4, 0.5) is 5.00 Å². The van der Waals surface area contributed by atoms with Crippen molar-refractivity contribution in [3.8, 4) is 0 Å². The minimum Gasteiger partial charge on any atom is -0.459 e. The number of nitrogens with one attached hydrogen (secondary N) is 2. The van der Waals surface area contributed by atoms with E-state index < -0.39 is 0 Å². The van der Waals surface area contributed by atoms with Crippen LogP contribution in [0.5, 0.6) is 0 Å². The number of thiophene rings is 1. The third-order valence-corrected chi connectivity index (χ3v) is 5.96. The van der Waals surface area contributed by atoms with E-state index >= 15 is 0 Å². The van der Waals surface area contributed by atoms with Crippen LogP contribution in [0, 0.1) is 0 Å². The zero-order valence-corrected chi connectivity index (χ0v) is 16.8. The van der Waals surface area contributed by atoms with Gasteiger partial charge >= 0.3 is 0 Å². The number of hydrogen-bond donors (Lipinski definition) is 2. The fraction of sp³-hybridized carbons (Fsp3) is 0.273. The van der Waals surface area contributed by atoms with Crippen LogP contribution in [0.25, 0.3) is 0 Å². The molecule has 0 spiro atoms. The molecule has 3 aromatic rings. The first kappa shape index (κ1) is 19.4. The summed E-state index contributed by atoms with van der Waals surface area (Å²) in [4.78, 5) is 27.6. The number of carbonyl (C=O) groups excluding carboxylic acids is 2. The van der Waals surface area contributed by atoms with Gasteiger partial charge in [0.15, 0.2) is 5.76 Å². The van der Waals surface area contributed by atoms with Gasteiger partial charge in [-0.05, 0) is 61.3 Å². The number of nitrogens with zero attached hydrogens (tertiary/aromatic N) is 1. The van der Waals surface area contributed by atoms with E-state index in [0.29, 0.717) is 16.4 Å². The Hall–Kier alpha value is -2.90. The van der Waals surface area contributed by atoms with Gasteiger partial charge in [0.2, 0.25) is 0 Å². The van der Waals surface area contributed by atoms with Crippen molar-refractivity contribution in [3.05, 3.63) is 76.6 Å². The van der Waals surface area contributed by atoms with Gasteiger partial charge in [0.1, 0.15) is 0 Å². The van der Waals surface area contributed by atoms with Crippen LogP contribution >= 0.6 is 11.3 Å². The molecule has 0 bridgehead atoms. The van der Waals surface area contributed by atoms with Gasteiger partial charge in [0, 0.05) is 13.1 Å². The lowest BCUT2D eigenvalue weighted by Gasteiger charge is -2.17. The van der Waals surface area contributed by atoms with Crippen LogP contribution in [0.2, 0.25) is 0 Å².